The Bertz CT molecular complexity index is 981. The van der Waals surface area contributed by atoms with E-state index in [0.29, 0.717) is 30.0 Å². The molecule has 2 aromatic heterocycles. The first-order chi connectivity index (χ1) is 14.7. The topological polar surface area (TPSA) is 87.5 Å². The van der Waals surface area contributed by atoms with E-state index < -0.39 is 0 Å². The molecule has 1 aliphatic heterocycles. The van der Waals surface area contributed by atoms with Gasteiger partial charge in [-0.15, -0.1) is 0 Å². The van der Waals surface area contributed by atoms with E-state index in [-0.39, 0.29) is 11.7 Å². The lowest BCUT2D eigenvalue weighted by Gasteiger charge is -2.35. The second-order valence-corrected chi connectivity index (χ2v) is 7.65. The first kappa shape index (κ1) is 20.2. The third-order valence-corrected chi connectivity index (χ3v) is 5.40. The van der Waals surface area contributed by atoms with Crippen molar-refractivity contribution in [3.63, 3.8) is 0 Å². The maximum absolute atomic E-state index is 9.47. The Kier molecular flexibility index (Phi) is 6.17. The minimum absolute atomic E-state index is 0.124. The van der Waals surface area contributed by atoms with Gasteiger partial charge in [-0.3, -0.25) is 4.90 Å². The second-order valence-electron chi connectivity index (χ2n) is 7.65. The fraction of sp³-hybridized carbons (Fsp3) is 0.391. The molecule has 1 unspecified atom stereocenters. The van der Waals surface area contributed by atoms with Crippen LogP contribution in [0, 0.1) is 11.3 Å². The highest BCUT2D eigenvalue weighted by molar-refractivity contribution is 5.54. The molecule has 7 heteroatoms. The van der Waals surface area contributed by atoms with E-state index in [0.717, 1.165) is 26.3 Å². The van der Waals surface area contributed by atoms with Crippen molar-refractivity contribution in [2.45, 2.75) is 25.8 Å². The van der Waals surface area contributed by atoms with Gasteiger partial charge in [0, 0.05) is 19.6 Å². The molecule has 1 aromatic carbocycles. The minimum atomic E-state index is 0.124. The molecule has 1 N–H and O–H groups in total. The zero-order valence-electron chi connectivity index (χ0n) is 17.3. The zero-order chi connectivity index (χ0) is 20.9. The van der Waals surface area contributed by atoms with Gasteiger partial charge in [-0.05, 0) is 29.2 Å². The average Bonchev–Trinajstić information content (AvgIpc) is 3.45. The lowest BCUT2D eigenvalue weighted by atomic mass is 9.98. The third-order valence-electron chi connectivity index (χ3n) is 5.40. The summed E-state index contributed by atoms with van der Waals surface area (Å²) in [6, 6.07) is 14.5. The summed E-state index contributed by atoms with van der Waals surface area (Å²) in [5.41, 5.74) is 2.76. The van der Waals surface area contributed by atoms with Crippen molar-refractivity contribution >= 4 is 5.88 Å². The van der Waals surface area contributed by atoms with Crippen molar-refractivity contribution in [2.24, 2.45) is 0 Å². The largest absolute Gasteiger partial charge is 0.459 e. The lowest BCUT2D eigenvalue weighted by Crippen LogP contribution is -2.41. The molecule has 3 aromatic rings. The molecule has 30 heavy (non-hydrogen) atoms. The molecule has 0 amide bonds. The molecule has 0 bridgehead atoms. The summed E-state index contributed by atoms with van der Waals surface area (Å²) in [7, 11) is 0. The molecular formula is C23H26N4O3. The van der Waals surface area contributed by atoms with Gasteiger partial charge in [-0.25, -0.2) is 0 Å². The Labute approximate surface area is 176 Å². The average molecular weight is 406 g/mol. The first-order valence-corrected chi connectivity index (χ1v) is 10.3. The van der Waals surface area contributed by atoms with E-state index in [1.807, 2.05) is 0 Å². The van der Waals surface area contributed by atoms with Crippen LogP contribution in [0.4, 0.5) is 5.88 Å². The number of ether oxygens (including phenoxy) is 1. The molecule has 1 aliphatic rings. The maximum Gasteiger partial charge on any atom is 0.266 e. The molecule has 0 radical (unpaired) electrons. The predicted octanol–water partition coefficient (Wildman–Crippen LogP) is 4.42. The molecule has 7 nitrogen and oxygen atoms in total. The van der Waals surface area contributed by atoms with Crippen LogP contribution in [0.15, 0.2) is 51.5 Å². The monoisotopic (exact) mass is 406 g/mol. The van der Waals surface area contributed by atoms with E-state index in [9.17, 15) is 5.26 Å². The Morgan fingerprint density at radius 3 is 2.50 bits per heavy atom. The first-order valence-electron chi connectivity index (χ1n) is 10.3. The van der Waals surface area contributed by atoms with Crippen LogP contribution in [0.3, 0.4) is 0 Å². The molecule has 1 saturated heterocycles. The molecule has 4 rings (SSSR count). The number of oxazole rings is 1. The quantitative estimate of drug-likeness (QED) is 0.621. The summed E-state index contributed by atoms with van der Waals surface area (Å²) in [4.78, 5) is 6.65. The van der Waals surface area contributed by atoms with Gasteiger partial charge in [0.2, 0.25) is 11.6 Å². The van der Waals surface area contributed by atoms with Crippen molar-refractivity contribution < 1.29 is 13.6 Å². The predicted molar refractivity (Wildman–Crippen MR) is 113 cm³/mol. The molecule has 156 valence electrons. The fourth-order valence-electron chi connectivity index (χ4n) is 3.66. The number of hydrogen-bond donors (Lipinski definition) is 1. The summed E-state index contributed by atoms with van der Waals surface area (Å²) in [5, 5.41) is 12.8. The maximum atomic E-state index is 9.47. The SMILES string of the molecule is CC(C)c1ccc(C(CNc2oc(-c3ccco3)nc2C#N)N2CCOCC2)cc1. The highest BCUT2D eigenvalue weighted by Crippen LogP contribution is 2.28. The van der Waals surface area contributed by atoms with E-state index in [2.05, 4.69) is 59.4 Å². The molecule has 3 heterocycles. The molecule has 0 aliphatic carbocycles. The Hall–Kier alpha value is -3.08. The molecule has 0 spiro atoms. The number of aromatic nitrogens is 1. The van der Waals surface area contributed by atoms with Gasteiger partial charge in [-0.2, -0.15) is 10.2 Å². The number of anilines is 1. The van der Waals surface area contributed by atoms with E-state index in [1.165, 1.54) is 11.1 Å². The van der Waals surface area contributed by atoms with Crippen LogP contribution >= 0.6 is 0 Å². The van der Waals surface area contributed by atoms with Gasteiger partial charge >= 0.3 is 0 Å². The zero-order valence-corrected chi connectivity index (χ0v) is 17.3. The van der Waals surface area contributed by atoms with Crippen molar-refractivity contribution in [3.05, 3.63) is 59.5 Å². The van der Waals surface area contributed by atoms with E-state index >= 15 is 0 Å². The van der Waals surface area contributed by atoms with Gasteiger partial charge in [0.1, 0.15) is 6.07 Å². The lowest BCUT2D eigenvalue weighted by molar-refractivity contribution is 0.0186. The van der Waals surface area contributed by atoms with Crippen LogP contribution in [0.2, 0.25) is 0 Å². The normalized spacial score (nSPS) is 15.8. The van der Waals surface area contributed by atoms with Gasteiger partial charge in [-0.1, -0.05) is 38.1 Å². The number of hydrogen-bond acceptors (Lipinski definition) is 7. The van der Waals surface area contributed by atoms with Crippen molar-refractivity contribution in [3.8, 4) is 17.7 Å². The van der Waals surface area contributed by atoms with Crippen LogP contribution in [0.25, 0.3) is 11.7 Å². The Morgan fingerprint density at radius 1 is 1.13 bits per heavy atom. The number of nitrogens with zero attached hydrogens (tertiary/aromatic N) is 3. The van der Waals surface area contributed by atoms with Gasteiger partial charge in [0.15, 0.2) is 5.76 Å². The number of nitrogens with one attached hydrogen (secondary N) is 1. The highest BCUT2D eigenvalue weighted by atomic mass is 16.5. The highest BCUT2D eigenvalue weighted by Gasteiger charge is 2.24. The fourth-order valence-corrected chi connectivity index (χ4v) is 3.66. The summed E-state index contributed by atoms with van der Waals surface area (Å²) in [6.07, 6.45) is 1.55. The molecule has 1 fully saturated rings. The number of benzene rings is 1. The van der Waals surface area contributed by atoms with Crippen molar-refractivity contribution in [1.29, 1.82) is 5.26 Å². The summed E-state index contributed by atoms with van der Waals surface area (Å²) < 4.78 is 16.7. The van der Waals surface area contributed by atoms with Gasteiger partial charge < -0.3 is 18.9 Å². The smallest absolute Gasteiger partial charge is 0.266 e. The van der Waals surface area contributed by atoms with Crippen LogP contribution in [-0.4, -0.2) is 42.7 Å². The summed E-state index contributed by atoms with van der Waals surface area (Å²) in [6.45, 7) is 8.13. The standard InChI is InChI=1S/C23H26N4O3/c1-16(2)17-5-7-18(8-6-17)20(27-9-12-28-13-10-27)15-25-22-19(14-24)26-23(30-22)21-4-3-11-29-21/h3-8,11,16,20,25H,9-10,12-13,15H2,1-2H3. The van der Waals surface area contributed by atoms with E-state index in [4.69, 9.17) is 13.6 Å². The third kappa shape index (κ3) is 4.40. The van der Waals surface area contributed by atoms with Crippen molar-refractivity contribution in [2.75, 3.05) is 38.2 Å². The van der Waals surface area contributed by atoms with Gasteiger partial charge in [0.05, 0.1) is 25.5 Å². The summed E-state index contributed by atoms with van der Waals surface area (Å²) >= 11 is 0. The van der Waals surface area contributed by atoms with Gasteiger partial charge in [0.25, 0.3) is 5.89 Å². The molecular weight excluding hydrogens is 380 g/mol. The van der Waals surface area contributed by atoms with Crippen molar-refractivity contribution in [1.82, 2.24) is 9.88 Å². The number of nitriles is 1. The molecule has 0 saturated carbocycles. The summed E-state index contributed by atoms with van der Waals surface area (Å²) in [5.74, 6) is 1.64. The number of morpholine rings is 1. The Morgan fingerprint density at radius 2 is 1.87 bits per heavy atom. The van der Waals surface area contributed by atoms with Crippen LogP contribution in [0.1, 0.15) is 42.6 Å². The van der Waals surface area contributed by atoms with E-state index in [1.54, 1.807) is 18.4 Å². The number of rotatable bonds is 7. The second kappa shape index (κ2) is 9.16. The Balaban J connectivity index is 1.55. The van der Waals surface area contributed by atoms with Crippen LogP contribution in [0.5, 0.6) is 0 Å². The van der Waals surface area contributed by atoms with Crippen LogP contribution < -0.4 is 5.32 Å². The minimum Gasteiger partial charge on any atom is -0.459 e. The van der Waals surface area contributed by atoms with Crippen LogP contribution in [-0.2, 0) is 4.74 Å². The molecule has 1 atom stereocenters. The number of furan rings is 1.